The van der Waals surface area contributed by atoms with E-state index in [2.05, 4.69) is 20.4 Å². The van der Waals surface area contributed by atoms with Gasteiger partial charge in [-0.3, -0.25) is 14.7 Å². The third-order valence-electron chi connectivity index (χ3n) is 4.55. The fraction of sp³-hybridized carbons (Fsp3) is 0.471. The summed E-state index contributed by atoms with van der Waals surface area (Å²) in [5, 5.41) is 16.6. The number of aliphatic hydroxyl groups excluding tert-OH is 1. The highest BCUT2D eigenvalue weighted by Crippen LogP contribution is 2.22. The first-order valence-electron chi connectivity index (χ1n) is 8.04. The molecule has 2 aromatic rings. The van der Waals surface area contributed by atoms with Gasteiger partial charge >= 0.3 is 0 Å². The van der Waals surface area contributed by atoms with Crippen molar-refractivity contribution in [1.29, 1.82) is 0 Å². The van der Waals surface area contributed by atoms with Crippen LogP contribution >= 0.6 is 0 Å². The van der Waals surface area contributed by atoms with Gasteiger partial charge in [0.2, 0.25) is 0 Å². The molecule has 3 heterocycles. The second-order valence-electron chi connectivity index (χ2n) is 6.26. The van der Waals surface area contributed by atoms with Crippen LogP contribution in [0.15, 0.2) is 29.0 Å². The normalized spacial score (nSPS) is 21.1. The molecule has 0 radical (unpaired) electrons. The number of carbonyl (C=O) groups is 1. The summed E-state index contributed by atoms with van der Waals surface area (Å²) in [5.41, 5.74) is 2.49. The monoisotopic (exact) mass is 330 g/mol. The Kier molecular flexibility index (Phi) is 4.92. The molecule has 1 amide bonds. The lowest BCUT2D eigenvalue weighted by molar-refractivity contribution is 0.0920. The van der Waals surface area contributed by atoms with Gasteiger partial charge in [0.15, 0.2) is 0 Å². The summed E-state index contributed by atoms with van der Waals surface area (Å²) in [6.45, 7) is 5.97. The van der Waals surface area contributed by atoms with Gasteiger partial charge in [-0.15, -0.1) is 0 Å². The maximum atomic E-state index is 12.3. The Bertz CT molecular complexity index is 682. The molecule has 0 unspecified atom stereocenters. The maximum Gasteiger partial charge on any atom is 0.253 e. The second kappa shape index (κ2) is 7.11. The van der Waals surface area contributed by atoms with Crippen LogP contribution in [-0.4, -0.2) is 51.8 Å². The van der Waals surface area contributed by atoms with Crippen LogP contribution in [0.2, 0.25) is 0 Å². The number of nitrogens with one attached hydrogen (secondary N) is 1. The first-order valence-corrected chi connectivity index (χ1v) is 8.04. The summed E-state index contributed by atoms with van der Waals surface area (Å²) in [5.74, 6) is 0.660. The molecule has 1 fully saturated rings. The predicted octanol–water partition coefficient (Wildman–Crippen LogP) is 0.909. The highest BCUT2D eigenvalue weighted by Gasteiger charge is 2.34. The number of amides is 1. The van der Waals surface area contributed by atoms with Crippen LogP contribution in [0.5, 0.6) is 0 Å². The minimum absolute atomic E-state index is 0.00564. The molecule has 128 valence electrons. The molecule has 0 spiro atoms. The second-order valence-corrected chi connectivity index (χ2v) is 6.26. The molecule has 0 aliphatic carbocycles. The maximum absolute atomic E-state index is 12.3. The molecular formula is C17H22N4O3. The van der Waals surface area contributed by atoms with Crippen molar-refractivity contribution in [3.63, 3.8) is 0 Å². The van der Waals surface area contributed by atoms with Crippen LogP contribution in [0.1, 0.15) is 27.4 Å². The van der Waals surface area contributed by atoms with Crippen LogP contribution < -0.4 is 5.32 Å². The van der Waals surface area contributed by atoms with E-state index in [-0.39, 0.29) is 24.5 Å². The molecule has 2 aromatic heterocycles. The molecule has 1 aliphatic rings. The Labute approximate surface area is 140 Å². The number of hydrogen-bond acceptors (Lipinski definition) is 6. The fourth-order valence-corrected chi connectivity index (χ4v) is 3.14. The Morgan fingerprint density at radius 2 is 2.29 bits per heavy atom. The van der Waals surface area contributed by atoms with E-state index in [4.69, 9.17) is 4.52 Å². The largest absolute Gasteiger partial charge is 0.396 e. The average Bonchev–Trinajstić information content (AvgIpc) is 3.13. The molecular weight excluding hydrogens is 308 g/mol. The van der Waals surface area contributed by atoms with Crippen LogP contribution in [0.25, 0.3) is 0 Å². The van der Waals surface area contributed by atoms with Crippen molar-refractivity contribution in [1.82, 2.24) is 20.4 Å². The lowest BCUT2D eigenvalue weighted by Gasteiger charge is -2.18. The number of rotatable bonds is 5. The van der Waals surface area contributed by atoms with E-state index in [1.54, 1.807) is 24.5 Å². The number of aryl methyl sites for hydroxylation is 2. The van der Waals surface area contributed by atoms with Crippen molar-refractivity contribution in [3.8, 4) is 0 Å². The van der Waals surface area contributed by atoms with Gasteiger partial charge in [0.05, 0.1) is 11.3 Å². The van der Waals surface area contributed by atoms with Crippen molar-refractivity contribution in [3.05, 3.63) is 47.1 Å². The molecule has 3 rings (SSSR count). The van der Waals surface area contributed by atoms with Gasteiger partial charge < -0.3 is 14.9 Å². The van der Waals surface area contributed by atoms with Gasteiger partial charge in [-0.25, -0.2) is 0 Å². The Morgan fingerprint density at radius 3 is 2.92 bits per heavy atom. The molecule has 2 atom stereocenters. The van der Waals surface area contributed by atoms with Crippen molar-refractivity contribution in [2.45, 2.75) is 26.4 Å². The third-order valence-corrected chi connectivity index (χ3v) is 4.55. The Hall–Kier alpha value is -2.25. The van der Waals surface area contributed by atoms with Crippen LogP contribution in [0.3, 0.4) is 0 Å². The molecule has 2 N–H and O–H groups in total. The van der Waals surface area contributed by atoms with Gasteiger partial charge in [-0.1, -0.05) is 5.16 Å². The first-order chi connectivity index (χ1) is 11.6. The zero-order chi connectivity index (χ0) is 17.1. The van der Waals surface area contributed by atoms with Crippen LogP contribution in [0, 0.1) is 19.8 Å². The van der Waals surface area contributed by atoms with E-state index in [1.165, 1.54) is 0 Å². The zero-order valence-corrected chi connectivity index (χ0v) is 13.9. The first kappa shape index (κ1) is 16.6. The SMILES string of the molecule is Cc1noc(C)c1CN1C[C@@H](CO)[C@H](NC(=O)c2cccnc2)C1. The van der Waals surface area contributed by atoms with Gasteiger partial charge in [-0.2, -0.15) is 0 Å². The van der Waals surface area contributed by atoms with E-state index >= 15 is 0 Å². The Morgan fingerprint density at radius 1 is 1.46 bits per heavy atom. The van der Waals surface area contributed by atoms with E-state index in [9.17, 15) is 9.90 Å². The number of nitrogens with zero attached hydrogens (tertiary/aromatic N) is 3. The van der Waals surface area contributed by atoms with E-state index in [1.807, 2.05) is 13.8 Å². The molecule has 0 bridgehead atoms. The van der Waals surface area contributed by atoms with Gasteiger partial charge in [0.25, 0.3) is 5.91 Å². The summed E-state index contributed by atoms with van der Waals surface area (Å²) in [7, 11) is 0. The number of carbonyl (C=O) groups excluding carboxylic acids is 1. The molecule has 0 aromatic carbocycles. The molecule has 7 nitrogen and oxygen atoms in total. The van der Waals surface area contributed by atoms with Crippen molar-refractivity contribution < 1.29 is 14.4 Å². The topological polar surface area (TPSA) is 91.5 Å². The minimum atomic E-state index is -0.161. The van der Waals surface area contributed by atoms with E-state index < -0.39 is 0 Å². The summed E-state index contributed by atoms with van der Waals surface area (Å²) < 4.78 is 5.21. The highest BCUT2D eigenvalue weighted by molar-refractivity contribution is 5.94. The van der Waals surface area contributed by atoms with Crippen LogP contribution in [0.4, 0.5) is 0 Å². The molecule has 24 heavy (non-hydrogen) atoms. The number of likely N-dealkylation sites (tertiary alicyclic amines) is 1. The molecule has 1 saturated heterocycles. The molecule has 1 aliphatic heterocycles. The number of pyridine rings is 1. The van der Waals surface area contributed by atoms with Crippen molar-refractivity contribution in [2.75, 3.05) is 19.7 Å². The van der Waals surface area contributed by atoms with E-state index in [0.29, 0.717) is 18.7 Å². The summed E-state index contributed by atoms with van der Waals surface area (Å²) >= 11 is 0. The molecule has 0 saturated carbocycles. The lowest BCUT2D eigenvalue weighted by Crippen LogP contribution is -2.41. The van der Waals surface area contributed by atoms with Gasteiger partial charge in [0, 0.05) is 56.2 Å². The number of aromatic nitrogens is 2. The van der Waals surface area contributed by atoms with Crippen LogP contribution in [-0.2, 0) is 6.54 Å². The average molecular weight is 330 g/mol. The smallest absolute Gasteiger partial charge is 0.253 e. The van der Waals surface area contributed by atoms with Gasteiger partial charge in [-0.05, 0) is 26.0 Å². The number of aliphatic hydroxyl groups is 1. The fourth-order valence-electron chi connectivity index (χ4n) is 3.14. The highest BCUT2D eigenvalue weighted by atomic mass is 16.5. The lowest BCUT2D eigenvalue weighted by atomic mass is 10.0. The third kappa shape index (κ3) is 3.47. The zero-order valence-electron chi connectivity index (χ0n) is 13.9. The van der Waals surface area contributed by atoms with E-state index in [0.717, 1.165) is 23.6 Å². The van der Waals surface area contributed by atoms with Crippen molar-refractivity contribution in [2.24, 2.45) is 5.92 Å². The quantitative estimate of drug-likeness (QED) is 0.847. The van der Waals surface area contributed by atoms with Gasteiger partial charge in [0.1, 0.15) is 5.76 Å². The predicted molar refractivity (Wildman–Crippen MR) is 87.3 cm³/mol. The van der Waals surface area contributed by atoms with Crippen molar-refractivity contribution >= 4 is 5.91 Å². The minimum Gasteiger partial charge on any atom is -0.396 e. The Balaban J connectivity index is 1.65. The number of hydrogen-bond donors (Lipinski definition) is 2. The standard InChI is InChI=1S/C17H22N4O3/c1-11-15(12(2)24-20-11)8-21-7-14(10-22)16(9-21)19-17(23)13-4-3-5-18-6-13/h3-6,14,16,22H,7-10H2,1-2H3,(H,19,23)/t14-,16+/m0/s1. The summed E-state index contributed by atoms with van der Waals surface area (Å²) in [6.07, 6.45) is 3.17. The molecule has 7 heteroatoms. The summed E-state index contributed by atoms with van der Waals surface area (Å²) in [4.78, 5) is 18.5. The summed E-state index contributed by atoms with van der Waals surface area (Å²) in [6, 6.07) is 3.37.